The van der Waals surface area contributed by atoms with Crippen LogP contribution in [0.15, 0.2) is 60.8 Å². The Bertz CT molecular complexity index is 1040. The standard InChI is InChI=1S/C19H14N2OS/c1-12-15-7-3-5-9-17(15)23-18(12)19(22)21-14-10-13-6-2-4-8-16(13)20-11-14/h2-11H,1H3,(H,21,22). The van der Waals surface area contributed by atoms with Gasteiger partial charge in [-0.3, -0.25) is 9.78 Å². The number of para-hydroxylation sites is 1. The molecule has 0 aliphatic rings. The molecule has 0 bridgehead atoms. The average Bonchev–Trinajstić information content (AvgIpc) is 2.92. The summed E-state index contributed by atoms with van der Waals surface area (Å²) >= 11 is 1.52. The van der Waals surface area contributed by atoms with Gasteiger partial charge >= 0.3 is 0 Å². The van der Waals surface area contributed by atoms with Crippen molar-refractivity contribution in [1.29, 1.82) is 0 Å². The third-order valence-corrected chi connectivity index (χ3v) is 5.17. The van der Waals surface area contributed by atoms with E-state index in [1.165, 1.54) is 11.3 Å². The largest absolute Gasteiger partial charge is 0.320 e. The zero-order valence-electron chi connectivity index (χ0n) is 12.5. The number of rotatable bonds is 2. The molecule has 112 valence electrons. The molecule has 0 saturated heterocycles. The van der Waals surface area contributed by atoms with E-state index in [1.54, 1.807) is 6.20 Å². The lowest BCUT2D eigenvalue weighted by atomic mass is 10.1. The molecule has 0 spiro atoms. The Morgan fingerprint density at radius 1 is 1.09 bits per heavy atom. The maximum absolute atomic E-state index is 12.6. The smallest absolute Gasteiger partial charge is 0.266 e. The number of nitrogens with one attached hydrogen (secondary N) is 1. The number of carbonyl (C=O) groups is 1. The highest BCUT2D eigenvalue weighted by molar-refractivity contribution is 7.21. The average molecular weight is 318 g/mol. The molecule has 0 aliphatic carbocycles. The Balaban J connectivity index is 1.69. The summed E-state index contributed by atoms with van der Waals surface area (Å²) in [6.45, 7) is 1.99. The van der Waals surface area contributed by atoms with Crippen LogP contribution in [-0.4, -0.2) is 10.9 Å². The summed E-state index contributed by atoms with van der Waals surface area (Å²) in [7, 11) is 0. The molecule has 2 heterocycles. The van der Waals surface area contributed by atoms with Crippen LogP contribution >= 0.6 is 11.3 Å². The van der Waals surface area contributed by atoms with Crippen molar-refractivity contribution < 1.29 is 4.79 Å². The van der Waals surface area contributed by atoms with Gasteiger partial charge in [0.05, 0.1) is 22.3 Å². The van der Waals surface area contributed by atoms with Crippen LogP contribution in [0.25, 0.3) is 21.0 Å². The van der Waals surface area contributed by atoms with Crippen LogP contribution in [0.5, 0.6) is 0 Å². The predicted octanol–water partition coefficient (Wildman–Crippen LogP) is 5.01. The maximum atomic E-state index is 12.6. The number of carbonyl (C=O) groups excluding carboxylic acids is 1. The van der Waals surface area contributed by atoms with Crippen LogP contribution in [-0.2, 0) is 0 Å². The zero-order chi connectivity index (χ0) is 15.8. The fourth-order valence-electron chi connectivity index (χ4n) is 2.72. The van der Waals surface area contributed by atoms with E-state index < -0.39 is 0 Å². The zero-order valence-corrected chi connectivity index (χ0v) is 13.4. The van der Waals surface area contributed by atoms with Gasteiger partial charge in [0.1, 0.15) is 0 Å². The monoisotopic (exact) mass is 318 g/mol. The van der Waals surface area contributed by atoms with Gasteiger partial charge in [-0.1, -0.05) is 36.4 Å². The number of nitrogens with zero attached hydrogens (tertiary/aromatic N) is 1. The van der Waals surface area contributed by atoms with Crippen molar-refractivity contribution in [2.45, 2.75) is 6.92 Å². The quantitative estimate of drug-likeness (QED) is 0.564. The van der Waals surface area contributed by atoms with Crippen LogP contribution < -0.4 is 5.32 Å². The number of anilines is 1. The molecule has 2 aromatic heterocycles. The summed E-state index contributed by atoms with van der Waals surface area (Å²) in [5, 5.41) is 5.11. The molecule has 1 N–H and O–H groups in total. The lowest BCUT2D eigenvalue weighted by Crippen LogP contribution is -2.11. The molecule has 2 aromatic carbocycles. The minimum atomic E-state index is -0.0826. The molecule has 0 fully saturated rings. The normalized spacial score (nSPS) is 11.0. The van der Waals surface area contributed by atoms with Crippen molar-refractivity contribution in [3.05, 3.63) is 71.2 Å². The Kier molecular flexibility index (Phi) is 3.32. The van der Waals surface area contributed by atoms with Crippen LogP contribution in [0.1, 0.15) is 15.2 Å². The molecule has 0 unspecified atom stereocenters. The highest BCUT2D eigenvalue weighted by Gasteiger charge is 2.15. The van der Waals surface area contributed by atoms with E-state index in [4.69, 9.17) is 0 Å². The highest BCUT2D eigenvalue weighted by Crippen LogP contribution is 2.31. The summed E-state index contributed by atoms with van der Waals surface area (Å²) in [5.41, 5.74) is 2.66. The van der Waals surface area contributed by atoms with E-state index in [2.05, 4.69) is 16.4 Å². The second-order valence-electron chi connectivity index (χ2n) is 5.42. The number of aromatic nitrogens is 1. The molecule has 0 aliphatic heterocycles. The van der Waals surface area contributed by atoms with Crippen LogP contribution in [0.4, 0.5) is 5.69 Å². The second-order valence-corrected chi connectivity index (χ2v) is 6.48. The minimum absolute atomic E-state index is 0.0826. The lowest BCUT2D eigenvalue weighted by molar-refractivity contribution is 0.103. The lowest BCUT2D eigenvalue weighted by Gasteiger charge is -2.05. The van der Waals surface area contributed by atoms with Gasteiger partial charge < -0.3 is 5.32 Å². The van der Waals surface area contributed by atoms with Crippen LogP contribution in [0.2, 0.25) is 0 Å². The molecule has 0 radical (unpaired) electrons. The molecule has 4 heteroatoms. The number of aryl methyl sites for hydroxylation is 1. The molecule has 23 heavy (non-hydrogen) atoms. The Hall–Kier alpha value is -2.72. The highest BCUT2D eigenvalue weighted by atomic mass is 32.1. The molecular formula is C19H14N2OS. The summed E-state index contributed by atoms with van der Waals surface area (Å²) in [5.74, 6) is -0.0826. The van der Waals surface area contributed by atoms with Crippen molar-refractivity contribution in [1.82, 2.24) is 4.98 Å². The summed E-state index contributed by atoms with van der Waals surface area (Å²) in [6.07, 6.45) is 1.70. The van der Waals surface area contributed by atoms with Crippen LogP contribution in [0, 0.1) is 6.92 Å². The fraction of sp³-hybridized carbons (Fsp3) is 0.0526. The SMILES string of the molecule is Cc1c(C(=O)Nc2cnc3ccccc3c2)sc2ccccc12. The van der Waals surface area contributed by atoms with E-state index >= 15 is 0 Å². The van der Waals surface area contributed by atoms with E-state index in [0.717, 1.165) is 31.4 Å². The molecule has 3 nitrogen and oxygen atoms in total. The second kappa shape index (κ2) is 5.48. The van der Waals surface area contributed by atoms with Gasteiger partial charge in [0.2, 0.25) is 0 Å². The van der Waals surface area contributed by atoms with Crippen molar-refractivity contribution in [2.75, 3.05) is 5.32 Å². The van der Waals surface area contributed by atoms with Crippen molar-refractivity contribution in [3.63, 3.8) is 0 Å². The maximum Gasteiger partial charge on any atom is 0.266 e. The van der Waals surface area contributed by atoms with Gasteiger partial charge in [-0.05, 0) is 36.1 Å². The molecule has 0 saturated carbocycles. The minimum Gasteiger partial charge on any atom is -0.320 e. The van der Waals surface area contributed by atoms with E-state index in [0.29, 0.717) is 5.69 Å². The van der Waals surface area contributed by atoms with Gasteiger partial charge in [-0.25, -0.2) is 0 Å². The Morgan fingerprint density at radius 2 is 1.87 bits per heavy atom. The Morgan fingerprint density at radius 3 is 2.74 bits per heavy atom. The molecular weight excluding hydrogens is 304 g/mol. The predicted molar refractivity (Wildman–Crippen MR) is 96.3 cm³/mol. The third-order valence-electron chi connectivity index (χ3n) is 3.90. The van der Waals surface area contributed by atoms with Gasteiger partial charge in [0, 0.05) is 10.1 Å². The van der Waals surface area contributed by atoms with Gasteiger partial charge in [-0.15, -0.1) is 11.3 Å². The van der Waals surface area contributed by atoms with Gasteiger partial charge in [0.15, 0.2) is 0 Å². The number of pyridine rings is 1. The van der Waals surface area contributed by atoms with Gasteiger partial charge in [-0.2, -0.15) is 0 Å². The summed E-state index contributed by atoms with van der Waals surface area (Å²) < 4.78 is 1.13. The first kappa shape index (κ1) is 13.9. The topological polar surface area (TPSA) is 42.0 Å². The first-order chi connectivity index (χ1) is 11.2. The first-order valence-corrected chi connectivity index (χ1v) is 8.18. The van der Waals surface area contributed by atoms with Crippen LogP contribution in [0.3, 0.4) is 0 Å². The van der Waals surface area contributed by atoms with Gasteiger partial charge in [0.25, 0.3) is 5.91 Å². The number of thiophene rings is 1. The molecule has 1 amide bonds. The number of hydrogen-bond donors (Lipinski definition) is 1. The third kappa shape index (κ3) is 2.47. The number of fused-ring (bicyclic) bond motifs is 2. The number of amides is 1. The van der Waals surface area contributed by atoms with Crippen molar-refractivity contribution >= 4 is 43.9 Å². The first-order valence-electron chi connectivity index (χ1n) is 7.36. The number of benzene rings is 2. The Labute approximate surface area is 137 Å². The number of hydrogen-bond acceptors (Lipinski definition) is 3. The van der Waals surface area contributed by atoms with E-state index in [-0.39, 0.29) is 5.91 Å². The molecule has 0 atom stereocenters. The van der Waals surface area contributed by atoms with Crippen molar-refractivity contribution in [2.24, 2.45) is 0 Å². The van der Waals surface area contributed by atoms with E-state index in [9.17, 15) is 4.79 Å². The summed E-state index contributed by atoms with van der Waals surface area (Å²) in [4.78, 5) is 17.7. The fourth-order valence-corrected chi connectivity index (χ4v) is 3.82. The van der Waals surface area contributed by atoms with Crippen molar-refractivity contribution in [3.8, 4) is 0 Å². The molecule has 4 aromatic rings. The van der Waals surface area contributed by atoms with E-state index in [1.807, 2.05) is 55.5 Å². The summed E-state index contributed by atoms with van der Waals surface area (Å²) in [6, 6.07) is 17.9. The molecule has 4 rings (SSSR count).